The van der Waals surface area contributed by atoms with Crippen LogP contribution in [0.2, 0.25) is 0 Å². The van der Waals surface area contributed by atoms with Crippen LogP contribution in [0.4, 0.5) is 0 Å². The summed E-state index contributed by atoms with van der Waals surface area (Å²) < 4.78 is 12.0. The maximum atomic E-state index is 14.0. The second-order valence-corrected chi connectivity index (χ2v) is 9.85. The van der Waals surface area contributed by atoms with Crippen LogP contribution in [0.5, 0.6) is 23.0 Å². The number of benzene rings is 3. The van der Waals surface area contributed by atoms with E-state index in [0.717, 1.165) is 34.7 Å². The van der Waals surface area contributed by atoms with Crippen molar-refractivity contribution in [1.82, 2.24) is 9.88 Å². The average Bonchev–Trinajstić information content (AvgIpc) is 2.97. The van der Waals surface area contributed by atoms with Crippen molar-refractivity contribution in [3.63, 3.8) is 0 Å². The van der Waals surface area contributed by atoms with Gasteiger partial charge >= 0.3 is 0 Å². The predicted molar refractivity (Wildman–Crippen MR) is 153 cm³/mol. The van der Waals surface area contributed by atoms with Gasteiger partial charge < -0.3 is 24.6 Å². The topological polar surface area (TPSA) is 92.1 Å². The molecule has 0 unspecified atom stereocenters. The summed E-state index contributed by atoms with van der Waals surface area (Å²) in [6.07, 6.45) is 5.94. The number of Topliss-reactive ketones (excluding diaryl/α,β-unsaturated/α-hetero) is 1. The molecule has 0 saturated heterocycles. The summed E-state index contributed by atoms with van der Waals surface area (Å²) in [5.74, 6) is 1.23. The van der Waals surface area contributed by atoms with Crippen molar-refractivity contribution < 1.29 is 24.5 Å². The molecular weight excluding hydrogens is 504 g/mol. The minimum atomic E-state index is -0.155. The van der Waals surface area contributed by atoms with Crippen LogP contribution in [0.25, 0.3) is 17.2 Å². The molecule has 200 valence electrons. The lowest BCUT2D eigenvalue weighted by molar-refractivity contribution is 0.105. The zero-order valence-electron chi connectivity index (χ0n) is 22.0. The fraction of sp³-hybridized carbons (Fsp3) is 0.152. The summed E-state index contributed by atoms with van der Waals surface area (Å²) >= 11 is 0. The number of rotatable bonds is 7. The molecular formula is C33H28N2O5. The van der Waals surface area contributed by atoms with E-state index in [2.05, 4.69) is 28.2 Å². The lowest BCUT2D eigenvalue weighted by Crippen LogP contribution is -2.25. The quantitative estimate of drug-likeness (QED) is 0.288. The van der Waals surface area contributed by atoms with E-state index in [0.29, 0.717) is 41.2 Å². The highest BCUT2D eigenvalue weighted by Crippen LogP contribution is 2.41. The third-order valence-electron chi connectivity index (χ3n) is 7.17. The summed E-state index contributed by atoms with van der Waals surface area (Å²) in [5, 5.41) is 19.7. The fourth-order valence-electron chi connectivity index (χ4n) is 5.06. The predicted octanol–water partition coefficient (Wildman–Crippen LogP) is 5.85. The third-order valence-corrected chi connectivity index (χ3v) is 7.17. The van der Waals surface area contributed by atoms with Gasteiger partial charge in [0.25, 0.3) is 0 Å². The molecule has 0 radical (unpaired) electrons. The normalized spacial score (nSPS) is 13.9. The summed E-state index contributed by atoms with van der Waals surface area (Å²) in [6.45, 7) is 4.03. The Kier molecular flexibility index (Phi) is 6.70. The van der Waals surface area contributed by atoms with E-state index in [1.807, 2.05) is 31.3 Å². The van der Waals surface area contributed by atoms with Crippen LogP contribution in [-0.4, -0.2) is 45.6 Å². The molecule has 0 fully saturated rings. The minimum Gasteiger partial charge on any atom is -0.508 e. The summed E-state index contributed by atoms with van der Waals surface area (Å²) in [7, 11) is 0. The van der Waals surface area contributed by atoms with Crippen molar-refractivity contribution in [2.75, 3.05) is 19.8 Å². The second-order valence-electron chi connectivity index (χ2n) is 9.85. The summed E-state index contributed by atoms with van der Waals surface area (Å²) in [5.41, 5.74) is 6.19. The summed E-state index contributed by atoms with van der Waals surface area (Å²) in [4.78, 5) is 20.6. The molecule has 0 bridgehead atoms. The molecule has 3 heterocycles. The standard InChI is InChI=1S/C33H28N2O5/c1-21-17-24(6-11-30(21)39-16-15-35-14-12-23-3-2-13-34-29(23)19-35)33(38)32-27-10-9-26(37)18-31(27)40-20-28(32)22-4-7-25(36)8-5-22/h2-14,17-18,36-37H,15-16,19-20H2,1H3. The Bertz CT molecular complexity index is 1660. The molecule has 6 rings (SSSR count). The van der Waals surface area contributed by atoms with Crippen molar-refractivity contribution in [3.05, 3.63) is 119 Å². The number of hydrogen-bond acceptors (Lipinski definition) is 7. The molecule has 7 nitrogen and oxygen atoms in total. The van der Waals surface area contributed by atoms with Crippen LogP contribution in [0.1, 0.15) is 38.3 Å². The number of phenols is 2. The van der Waals surface area contributed by atoms with Gasteiger partial charge in [-0.2, -0.15) is 0 Å². The van der Waals surface area contributed by atoms with E-state index >= 15 is 0 Å². The number of aromatic nitrogens is 1. The Hall–Kier alpha value is -5.04. The number of phenolic OH excluding ortho intramolecular Hbond substituents is 2. The van der Waals surface area contributed by atoms with Crippen LogP contribution in [-0.2, 0) is 6.54 Å². The van der Waals surface area contributed by atoms with E-state index in [9.17, 15) is 15.0 Å². The van der Waals surface area contributed by atoms with Gasteiger partial charge in [0.1, 0.15) is 36.2 Å². The van der Waals surface area contributed by atoms with Gasteiger partial charge in [0.05, 0.1) is 18.8 Å². The second kappa shape index (κ2) is 10.6. The summed E-state index contributed by atoms with van der Waals surface area (Å²) in [6, 6.07) is 20.9. The van der Waals surface area contributed by atoms with Gasteiger partial charge in [0.15, 0.2) is 5.78 Å². The van der Waals surface area contributed by atoms with Crippen LogP contribution >= 0.6 is 0 Å². The number of pyridine rings is 1. The number of hydrogen-bond donors (Lipinski definition) is 2. The number of aryl methyl sites for hydroxylation is 1. The maximum Gasteiger partial charge on any atom is 0.194 e. The zero-order valence-corrected chi connectivity index (χ0v) is 22.0. The van der Waals surface area contributed by atoms with E-state index in [1.54, 1.807) is 42.5 Å². The molecule has 1 aromatic heterocycles. The van der Waals surface area contributed by atoms with Crippen molar-refractivity contribution in [2.24, 2.45) is 0 Å². The Labute approximate surface area is 232 Å². The third kappa shape index (κ3) is 5.01. The Morgan fingerprint density at radius 2 is 1.85 bits per heavy atom. The highest BCUT2D eigenvalue weighted by Gasteiger charge is 2.28. The van der Waals surface area contributed by atoms with Gasteiger partial charge in [0.2, 0.25) is 0 Å². The highest BCUT2D eigenvalue weighted by molar-refractivity contribution is 6.35. The van der Waals surface area contributed by atoms with Gasteiger partial charge in [0, 0.05) is 40.7 Å². The Morgan fingerprint density at radius 3 is 2.67 bits per heavy atom. The molecule has 40 heavy (non-hydrogen) atoms. The molecule has 4 aromatic rings. The van der Waals surface area contributed by atoms with Gasteiger partial charge in [-0.05, 0) is 78.2 Å². The fourth-order valence-corrected chi connectivity index (χ4v) is 5.06. The van der Waals surface area contributed by atoms with Gasteiger partial charge in [-0.1, -0.05) is 18.2 Å². The van der Waals surface area contributed by atoms with Gasteiger partial charge in [-0.15, -0.1) is 0 Å². The van der Waals surface area contributed by atoms with Crippen molar-refractivity contribution in [2.45, 2.75) is 13.5 Å². The number of carbonyl (C=O) groups excluding carboxylic acids is 1. The molecule has 2 N–H and O–H groups in total. The molecule has 0 atom stereocenters. The van der Waals surface area contributed by atoms with Crippen molar-refractivity contribution >= 4 is 23.0 Å². The number of ketones is 1. The van der Waals surface area contributed by atoms with Crippen LogP contribution in [0, 0.1) is 6.92 Å². The van der Waals surface area contributed by atoms with Crippen molar-refractivity contribution in [1.29, 1.82) is 0 Å². The molecule has 3 aromatic carbocycles. The van der Waals surface area contributed by atoms with Crippen LogP contribution in [0.15, 0.2) is 85.2 Å². The molecule has 2 aliphatic heterocycles. The van der Waals surface area contributed by atoms with E-state index < -0.39 is 0 Å². The zero-order chi connectivity index (χ0) is 27.6. The lowest BCUT2D eigenvalue weighted by atomic mass is 9.87. The van der Waals surface area contributed by atoms with E-state index in [-0.39, 0.29) is 23.9 Å². The number of fused-ring (bicyclic) bond motifs is 2. The van der Waals surface area contributed by atoms with Crippen LogP contribution in [0.3, 0.4) is 0 Å². The molecule has 2 aliphatic rings. The number of ether oxygens (including phenoxy) is 2. The molecule has 0 spiro atoms. The molecule has 7 heteroatoms. The number of nitrogens with zero attached hydrogens (tertiary/aromatic N) is 2. The monoisotopic (exact) mass is 532 g/mol. The molecule has 0 amide bonds. The SMILES string of the molecule is Cc1cc(C(=O)C2=C(c3ccc(O)cc3)COc3cc(O)ccc32)ccc1OCCN1C=Cc2cccnc2C1. The smallest absolute Gasteiger partial charge is 0.194 e. The average molecular weight is 533 g/mol. The Balaban J connectivity index is 1.22. The van der Waals surface area contributed by atoms with Crippen molar-refractivity contribution in [3.8, 4) is 23.0 Å². The molecule has 0 aliphatic carbocycles. The lowest BCUT2D eigenvalue weighted by Gasteiger charge is -2.25. The molecule has 0 saturated carbocycles. The van der Waals surface area contributed by atoms with E-state index in [4.69, 9.17) is 9.47 Å². The van der Waals surface area contributed by atoms with E-state index in [1.165, 1.54) is 6.07 Å². The maximum absolute atomic E-state index is 14.0. The first-order valence-corrected chi connectivity index (χ1v) is 13.1. The number of aromatic hydroxyl groups is 2. The van der Waals surface area contributed by atoms with Crippen LogP contribution < -0.4 is 9.47 Å². The first-order chi connectivity index (χ1) is 19.5. The first kappa shape index (κ1) is 25.2. The highest BCUT2D eigenvalue weighted by atomic mass is 16.5. The van der Waals surface area contributed by atoms with Gasteiger partial charge in [-0.25, -0.2) is 0 Å². The largest absolute Gasteiger partial charge is 0.508 e. The first-order valence-electron chi connectivity index (χ1n) is 13.1. The minimum absolute atomic E-state index is 0.0662. The van der Waals surface area contributed by atoms with Gasteiger partial charge in [-0.3, -0.25) is 9.78 Å². The number of allylic oxidation sites excluding steroid dienone is 1. The Morgan fingerprint density at radius 1 is 1.02 bits per heavy atom. The number of carbonyl (C=O) groups is 1.